The van der Waals surface area contributed by atoms with Crippen molar-refractivity contribution in [3.63, 3.8) is 0 Å². The van der Waals surface area contributed by atoms with Gasteiger partial charge in [0, 0.05) is 18.7 Å². The van der Waals surface area contributed by atoms with Gasteiger partial charge in [0.1, 0.15) is 10.7 Å². The topological polar surface area (TPSA) is 115 Å². The number of carbonyl (C=O) groups excluding carboxylic acids is 1. The number of nitrogens with two attached hydrogens (primary N) is 2. The van der Waals surface area contributed by atoms with Crippen LogP contribution < -0.4 is 16.2 Å². The van der Waals surface area contributed by atoms with Gasteiger partial charge in [-0.05, 0) is 37.5 Å². The number of carbonyl (C=O) groups is 1. The molecule has 0 aliphatic rings. The minimum absolute atomic E-state index is 0.100. The zero-order valence-corrected chi connectivity index (χ0v) is 12.0. The highest BCUT2D eigenvalue weighted by Gasteiger charge is 2.20. The largest absolute Gasteiger partial charge is 0.399 e. The lowest BCUT2D eigenvalue weighted by Gasteiger charge is -2.10. The van der Waals surface area contributed by atoms with E-state index in [9.17, 15) is 17.6 Å². The lowest BCUT2D eigenvalue weighted by Crippen LogP contribution is -2.26. The average molecular weight is 303 g/mol. The summed E-state index contributed by atoms with van der Waals surface area (Å²) in [5, 5.41) is 0. The molecule has 1 amide bonds. The van der Waals surface area contributed by atoms with Crippen LogP contribution in [-0.4, -0.2) is 20.9 Å². The molecule has 6 nitrogen and oxygen atoms in total. The van der Waals surface area contributed by atoms with E-state index in [1.165, 1.54) is 13.0 Å². The molecule has 0 fully saturated rings. The number of benzene rings is 1. The zero-order chi connectivity index (χ0) is 15.3. The Hall–Kier alpha value is -1.67. The van der Waals surface area contributed by atoms with Gasteiger partial charge < -0.3 is 11.5 Å². The molecule has 0 heterocycles. The molecule has 0 radical (unpaired) electrons. The Morgan fingerprint density at radius 3 is 2.60 bits per heavy atom. The summed E-state index contributed by atoms with van der Waals surface area (Å²) in [5.41, 5.74) is 10.8. The van der Waals surface area contributed by atoms with Crippen molar-refractivity contribution in [3.8, 4) is 0 Å². The molecule has 0 aromatic heterocycles. The van der Waals surface area contributed by atoms with E-state index in [0.29, 0.717) is 12.8 Å². The van der Waals surface area contributed by atoms with Crippen molar-refractivity contribution in [1.82, 2.24) is 4.72 Å². The molecule has 0 saturated heterocycles. The van der Waals surface area contributed by atoms with Crippen LogP contribution in [0.4, 0.5) is 10.1 Å². The molecule has 8 heteroatoms. The van der Waals surface area contributed by atoms with Crippen molar-refractivity contribution >= 4 is 21.6 Å². The summed E-state index contributed by atoms with van der Waals surface area (Å²) in [5.74, 6) is -1.26. The third-order valence-electron chi connectivity index (χ3n) is 2.68. The number of aryl methyl sites for hydroxylation is 1. The van der Waals surface area contributed by atoms with Gasteiger partial charge in [0.05, 0.1) is 0 Å². The van der Waals surface area contributed by atoms with E-state index in [-0.39, 0.29) is 24.2 Å². The molecule has 1 rings (SSSR count). The molecule has 0 saturated carbocycles. The van der Waals surface area contributed by atoms with Crippen LogP contribution in [0.15, 0.2) is 17.0 Å². The van der Waals surface area contributed by atoms with E-state index in [2.05, 4.69) is 4.72 Å². The molecule has 0 aliphatic carbocycles. The third kappa shape index (κ3) is 4.46. The minimum Gasteiger partial charge on any atom is -0.399 e. The highest BCUT2D eigenvalue weighted by Crippen LogP contribution is 2.21. The van der Waals surface area contributed by atoms with Crippen LogP contribution in [0.1, 0.15) is 24.8 Å². The quantitative estimate of drug-likeness (QED) is 0.506. The number of hydrogen-bond donors (Lipinski definition) is 3. The first-order valence-electron chi connectivity index (χ1n) is 6.07. The normalized spacial score (nSPS) is 11.5. The van der Waals surface area contributed by atoms with Crippen LogP contribution in [-0.2, 0) is 14.8 Å². The van der Waals surface area contributed by atoms with Crippen molar-refractivity contribution in [1.29, 1.82) is 0 Å². The van der Waals surface area contributed by atoms with Crippen LogP contribution >= 0.6 is 0 Å². The standard InChI is InChI=1S/C12H18FN3O3S/c1-8-6-9(14)7-10(12(8)13)20(18,19)16-5-3-2-4-11(15)17/h6-7,16H,2-5,14H2,1H3,(H2,15,17). The molecule has 5 N–H and O–H groups in total. The number of unbranched alkanes of at least 4 members (excludes halogenated alkanes) is 1. The highest BCUT2D eigenvalue weighted by atomic mass is 32.2. The van der Waals surface area contributed by atoms with Gasteiger partial charge in [-0.15, -0.1) is 0 Å². The first kappa shape index (κ1) is 16.4. The predicted molar refractivity (Wildman–Crippen MR) is 73.8 cm³/mol. The first-order valence-corrected chi connectivity index (χ1v) is 7.56. The molecule has 112 valence electrons. The maximum Gasteiger partial charge on any atom is 0.243 e. The summed E-state index contributed by atoms with van der Waals surface area (Å²) in [6, 6.07) is 2.44. The van der Waals surface area contributed by atoms with Crippen LogP contribution in [0.25, 0.3) is 0 Å². The van der Waals surface area contributed by atoms with Crippen molar-refractivity contribution in [2.24, 2.45) is 5.73 Å². The number of anilines is 1. The molecule has 1 aromatic carbocycles. The Morgan fingerprint density at radius 1 is 1.35 bits per heavy atom. The fourth-order valence-corrected chi connectivity index (χ4v) is 2.92. The van der Waals surface area contributed by atoms with E-state index in [0.717, 1.165) is 6.07 Å². The second-order valence-corrected chi connectivity index (χ2v) is 6.21. The van der Waals surface area contributed by atoms with Gasteiger partial charge in [-0.25, -0.2) is 17.5 Å². The smallest absolute Gasteiger partial charge is 0.243 e. The Balaban J connectivity index is 2.72. The number of sulfonamides is 1. The third-order valence-corrected chi connectivity index (χ3v) is 4.14. The summed E-state index contributed by atoms with van der Waals surface area (Å²) in [6.45, 7) is 1.54. The van der Waals surface area contributed by atoms with Gasteiger partial charge in [0.15, 0.2) is 0 Å². The maximum atomic E-state index is 13.8. The molecule has 0 spiro atoms. The second-order valence-electron chi connectivity index (χ2n) is 4.47. The lowest BCUT2D eigenvalue weighted by molar-refractivity contribution is -0.118. The fraction of sp³-hybridized carbons (Fsp3) is 0.417. The summed E-state index contributed by atoms with van der Waals surface area (Å²) in [7, 11) is -3.96. The van der Waals surface area contributed by atoms with Crippen LogP contribution in [0, 0.1) is 12.7 Å². The van der Waals surface area contributed by atoms with E-state index in [4.69, 9.17) is 11.5 Å². The second kappa shape index (κ2) is 6.67. The fourth-order valence-electron chi connectivity index (χ4n) is 1.67. The zero-order valence-electron chi connectivity index (χ0n) is 11.1. The van der Waals surface area contributed by atoms with Gasteiger partial charge >= 0.3 is 0 Å². The summed E-state index contributed by atoms with van der Waals surface area (Å²) in [4.78, 5) is 10.1. The van der Waals surface area contributed by atoms with Crippen molar-refractivity contribution < 1.29 is 17.6 Å². The lowest BCUT2D eigenvalue weighted by atomic mass is 10.2. The Labute approximate surface area is 117 Å². The molecule has 0 aliphatic heterocycles. The van der Waals surface area contributed by atoms with E-state index in [1.807, 2.05) is 0 Å². The molecule has 0 atom stereocenters. The Bertz CT molecular complexity index is 602. The van der Waals surface area contributed by atoms with E-state index in [1.54, 1.807) is 0 Å². The average Bonchev–Trinajstić information content (AvgIpc) is 2.32. The molecule has 0 unspecified atom stereocenters. The van der Waals surface area contributed by atoms with Gasteiger partial charge in [0.25, 0.3) is 0 Å². The SMILES string of the molecule is Cc1cc(N)cc(S(=O)(=O)NCCCCC(N)=O)c1F. The number of rotatable bonds is 7. The van der Waals surface area contributed by atoms with Crippen LogP contribution in [0.3, 0.4) is 0 Å². The molecule has 20 heavy (non-hydrogen) atoms. The molecule has 1 aromatic rings. The number of amides is 1. The highest BCUT2D eigenvalue weighted by molar-refractivity contribution is 7.89. The summed E-state index contributed by atoms with van der Waals surface area (Å²) < 4.78 is 40.0. The van der Waals surface area contributed by atoms with Gasteiger partial charge in [-0.3, -0.25) is 4.79 Å². The first-order chi connectivity index (χ1) is 9.24. The van der Waals surface area contributed by atoms with Crippen LogP contribution in [0.2, 0.25) is 0 Å². The van der Waals surface area contributed by atoms with Gasteiger partial charge in [-0.2, -0.15) is 0 Å². The molecular weight excluding hydrogens is 285 g/mol. The molecule has 0 bridgehead atoms. The monoisotopic (exact) mass is 303 g/mol. The van der Waals surface area contributed by atoms with Crippen molar-refractivity contribution in [2.75, 3.05) is 12.3 Å². The Kier molecular flexibility index (Phi) is 5.46. The van der Waals surface area contributed by atoms with E-state index < -0.39 is 26.6 Å². The maximum absolute atomic E-state index is 13.8. The number of hydrogen-bond acceptors (Lipinski definition) is 4. The number of nitrogen functional groups attached to an aromatic ring is 1. The summed E-state index contributed by atoms with van der Waals surface area (Å²) in [6.07, 6.45) is 1.09. The summed E-state index contributed by atoms with van der Waals surface area (Å²) >= 11 is 0. The number of nitrogens with one attached hydrogen (secondary N) is 1. The van der Waals surface area contributed by atoms with Gasteiger partial charge in [-0.1, -0.05) is 0 Å². The predicted octanol–water partition coefficient (Wildman–Crippen LogP) is 0.650. The van der Waals surface area contributed by atoms with E-state index >= 15 is 0 Å². The number of halogens is 1. The van der Waals surface area contributed by atoms with Crippen molar-refractivity contribution in [2.45, 2.75) is 31.1 Å². The molecular formula is C12H18FN3O3S. The van der Waals surface area contributed by atoms with Gasteiger partial charge in [0.2, 0.25) is 15.9 Å². The van der Waals surface area contributed by atoms with Crippen LogP contribution in [0.5, 0.6) is 0 Å². The van der Waals surface area contributed by atoms with Crippen molar-refractivity contribution in [3.05, 3.63) is 23.5 Å². The Morgan fingerprint density at radius 2 is 2.00 bits per heavy atom. The number of primary amides is 1. The minimum atomic E-state index is -3.96.